The van der Waals surface area contributed by atoms with Crippen molar-refractivity contribution in [3.8, 4) is 11.5 Å². The first-order valence-corrected chi connectivity index (χ1v) is 11.7. The summed E-state index contributed by atoms with van der Waals surface area (Å²) in [7, 11) is 3.26. The third-order valence-electron chi connectivity index (χ3n) is 6.85. The molecule has 1 aliphatic carbocycles. The summed E-state index contributed by atoms with van der Waals surface area (Å²) in [6.07, 6.45) is 1.04. The highest BCUT2D eigenvalue weighted by molar-refractivity contribution is 6.06. The Morgan fingerprint density at radius 2 is 1.46 bits per heavy atom. The maximum absolute atomic E-state index is 13.8. The molecule has 0 spiro atoms. The van der Waals surface area contributed by atoms with E-state index in [0.29, 0.717) is 18.4 Å². The summed E-state index contributed by atoms with van der Waals surface area (Å²) < 4.78 is 10.6. The number of Topliss-reactive ketones (excluding diaryl/α,β-unsaturated/α-hetero) is 1. The van der Waals surface area contributed by atoms with E-state index in [9.17, 15) is 9.59 Å². The van der Waals surface area contributed by atoms with Crippen LogP contribution in [0.4, 0.5) is 11.4 Å². The van der Waals surface area contributed by atoms with Gasteiger partial charge in [0.15, 0.2) is 5.78 Å². The summed E-state index contributed by atoms with van der Waals surface area (Å²) in [6.45, 7) is 1.55. The number of amides is 1. The third-order valence-corrected chi connectivity index (χ3v) is 6.85. The van der Waals surface area contributed by atoms with Crippen molar-refractivity contribution in [1.29, 1.82) is 0 Å². The quantitative estimate of drug-likeness (QED) is 0.538. The average Bonchev–Trinajstić information content (AvgIpc) is 3.03. The van der Waals surface area contributed by atoms with Gasteiger partial charge in [-0.2, -0.15) is 0 Å². The molecule has 0 unspecified atom stereocenters. The number of carbonyl (C=O) groups excluding carboxylic acids is 2. The van der Waals surface area contributed by atoms with E-state index in [4.69, 9.17) is 9.47 Å². The lowest BCUT2D eigenvalue weighted by atomic mass is 9.78. The van der Waals surface area contributed by atoms with E-state index in [2.05, 4.69) is 5.32 Å². The molecule has 2 atom stereocenters. The van der Waals surface area contributed by atoms with Gasteiger partial charge in [-0.05, 0) is 59.9 Å². The lowest BCUT2D eigenvalue weighted by Crippen LogP contribution is -2.37. The molecule has 1 heterocycles. The molecule has 1 amide bonds. The molecule has 35 heavy (non-hydrogen) atoms. The number of carbonyl (C=O) groups is 2. The number of hydrogen-bond donors (Lipinski definition) is 1. The van der Waals surface area contributed by atoms with Crippen LogP contribution >= 0.6 is 0 Å². The number of para-hydroxylation sites is 2. The zero-order valence-electron chi connectivity index (χ0n) is 20.1. The number of nitrogens with zero attached hydrogens (tertiary/aromatic N) is 1. The molecule has 3 aromatic rings. The molecule has 0 saturated heterocycles. The third kappa shape index (κ3) is 4.16. The zero-order valence-corrected chi connectivity index (χ0v) is 20.1. The Labute approximate surface area is 205 Å². The second-order valence-corrected chi connectivity index (χ2v) is 8.90. The summed E-state index contributed by atoms with van der Waals surface area (Å²) in [5.41, 5.74) is 5.03. The molecular weight excluding hydrogens is 440 g/mol. The van der Waals surface area contributed by atoms with Crippen LogP contribution in [-0.4, -0.2) is 25.9 Å². The number of ether oxygens (including phenoxy) is 2. The first kappa shape index (κ1) is 22.7. The molecule has 0 saturated carbocycles. The van der Waals surface area contributed by atoms with E-state index in [1.165, 1.54) is 0 Å². The number of anilines is 2. The molecule has 5 rings (SSSR count). The minimum atomic E-state index is -0.533. The van der Waals surface area contributed by atoms with E-state index in [0.717, 1.165) is 39.7 Å². The van der Waals surface area contributed by atoms with Crippen molar-refractivity contribution < 1.29 is 19.1 Å². The topological polar surface area (TPSA) is 67.9 Å². The van der Waals surface area contributed by atoms with Crippen molar-refractivity contribution in [3.63, 3.8) is 0 Å². The highest BCUT2D eigenvalue weighted by Crippen LogP contribution is 2.47. The predicted molar refractivity (Wildman–Crippen MR) is 136 cm³/mol. The molecule has 1 N–H and O–H groups in total. The molecule has 1 aliphatic heterocycles. The largest absolute Gasteiger partial charge is 0.497 e. The molecule has 0 aromatic heterocycles. The number of nitrogens with one attached hydrogen (secondary N) is 1. The molecule has 0 radical (unpaired) electrons. The lowest BCUT2D eigenvalue weighted by molar-refractivity contribution is -0.117. The highest BCUT2D eigenvalue weighted by Gasteiger charge is 2.40. The fraction of sp³-hybridized carbons (Fsp3) is 0.241. The first-order valence-electron chi connectivity index (χ1n) is 11.7. The zero-order chi connectivity index (χ0) is 24.5. The van der Waals surface area contributed by atoms with Crippen LogP contribution in [0.1, 0.15) is 42.9 Å². The Balaban J connectivity index is 1.65. The van der Waals surface area contributed by atoms with Gasteiger partial charge in [-0.1, -0.05) is 36.4 Å². The van der Waals surface area contributed by atoms with Crippen LogP contribution in [0.2, 0.25) is 0 Å². The molecule has 178 valence electrons. The average molecular weight is 469 g/mol. The van der Waals surface area contributed by atoms with Gasteiger partial charge in [0, 0.05) is 24.6 Å². The molecule has 2 aliphatic rings. The number of methoxy groups -OCH3 is 2. The molecule has 0 bridgehead atoms. The van der Waals surface area contributed by atoms with Crippen molar-refractivity contribution in [2.75, 3.05) is 24.4 Å². The number of allylic oxidation sites excluding steroid dienone is 1. The van der Waals surface area contributed by atoms with Gasteiger partial charge in [0.25, 0.3) is 0 Å². The van der Waals surface area contributed by atoms with Crippen molar-refractivity contribution >= 4 is 23.1 Å². The van der Waals surface area contributed by atoms with Gasteiger partial charge in [0.2, 0.25) is 5.91 Å². The molecule has 3 aromatic carbocycles. The number of benzene rings is 3. The van der Waals surface area contributed by atoms with Crippen LogP contribution in [0.3, 0.4) is 0 Å². The van der Waals surface area contributed by atoms with Crippen LogP contribution in [0.5, 0.6) is 11.5 Å². The van der Waals surface area contributed by atoms with Crippen molar-refractivity contribution in [1.82, 2.24) is 0 Å². The summed E-state index contributed by atoms with van der Waals surface area (Å²) in [6, 6.07) is 22.7. The maximum atomic E-state index is 13.8. The summed E-state index contributed by atoms with van der Waals surface area (Å²) in [4.78, 5) is 28.6. The van der Waals surface area contributed by atoms with Gasteiger partial charge >= 0.3 is 0 Å². The first-order chi connectivity index (χ1) is 17.0. The molecule has 6 heteroatoms. The Kier molecular flexibility index (Phi) is 6.03. The standard InChI is InChI=1S/C29H28N2O4/c1-18(32)31-26-7-5-4-6-24(26)30-25-16-21(19-8-12-22(34-2)13-9-19)17-27(33)28(25)29(31)20-10-14-23(35-3)15-11-20/h4-15,21,29-30H,16-17H2,1-3H3/t21-,29-/m1/s1. The van der Waals surface area contributed by atoms with Gasteiger partial charge in [-0.15, -0.1) is 0 Å². The minimum Gasteiger partial charge on any atom is -0.497 e. The van der Waals surface area contributed by atoms with Gasteiger partial charge in [-0.25, -0.2) is 0 Å². The van der Waals surface area contributed by atoms with Crippen LogP contribution in [-0.2, 0) is 9.59 Å². The van der Waals surface area contributed by atoms with Gasteiger partial charge < -0.3 is 14.8 Å². The summed E-state index contributed by atoms with van der Waals surface area (Å²) in [5, 5.41) is 3.54. The van der Waals surface area contributed by atoms with E-state index in [1.54, 1.807) is 26.0 Å². The van der Waals surface area contributed by atoms with Crippen LogP contribution < -0.4 is 19.7 Å². The van der Waals surface area contributed by atoms with E-state index in [-0.39, 0.29) is 17.6 Å². The van der Waals surface area contributed by atoms with Crippen molar-refractivity contribution in [2.24, 2.45) is 0 Å². The second kappa shape index (κ2) is 9.29. The molecular formula is C29H28N2O4. The fourth-order valence-corrected chi connectivity index (χ4v) is 5.15. The lowest BCUT2D eigenvalue weighted by Gasteiger charge is -2.34. The number of fused-ring (bicyclic) bond motifs is 1. The summed E-state index contributed by atoms with van der Waals surface area (Å²) in [5.74, 6) is 1.46. The smallest absolute Gasteiger partial charge is 0.224 e. The Morgan fingerprint density at radius 1 is 0.857 bits per heavy atom. The Bertz CT molecular complexity index is 1300. The van der Waals surface area contributed by atoms with E-state index < -0.39 is 6.04 Å². The normalized spacial score (nSPS) is 19.3. The maximum Gasteiger partial charge on any atom is 0.224 e. The van der Waals surface area contributed by atoms with Crippen molar-refractivity contribution in [3.05, 3.63) is 95.2 Å². The summed E-state index contributed by atoms with van der Waals surface area (Å²) >= 11 is 0. The van der Waals surface area contributed by atoms with Crippen LogP contribution in [0.15, 0.2) is 84.1 Å². The number of rotatable bonds is 4. The van der Waals surface area contributed by atoms with E-state index in [1.807, 2.05) is 72.8 Å². The number of hydrogen-bond acceptors (Lipinski definition) is 5. The van der Waals surface area contributed by atoms with Gasteiger partial charge in [0.05, 0.1) is 31.6 Å². The fourth-order valence-electron chi connectivity index (χ4n) is 5.15. The van der Waals surface area contributed by atoms with Crippen molar-refractivity contribution in [2.45, 2.75) is 31.7 Å². The molecule has 6 nitrogen and oxygen atoms in total. The monoisotopic (exact) mass is 468 g/mol. The Morgan fingerprint density at radius 3 is 2.06 bits per heavy atom. The SMILES string of the molecule is COc1ccc([C@H]2CC(=O)C3=C(C2)Nc2ccccc2N(C(C)=O)[C@@H]3c2ccc(OC)cc2)cc1. The number of ketones is 1. The second-order valence-electron chi connectivity index (χ2n) is 8.90. The van der Waals surface area contributed by atoms with Gasteiger partial charge in [0.1, 0.15) is 11.5 Å². The van der Waals surface area contributed by atoms with Crippen LogP contribution in [0, 0.1) is 0 Å². The predicted octanol–water partition coefficient (Wildman–Crippen LogP) is 5.62. The highest BCUT2D eigenvalue weighted by atomic mass is 16.5. The minimum absolute atomic E-state index is 0.0345. The van der Waals surface area contributed by atoms with E-state index >= 15 is 0 Å². The van der Waals surface area contributed by atoms with Gasteiger partial charge in [-0.3, -0.25) is 14.5 Å². The Hall–Kier alpha value is -4.06. The molecule has 0 fully saturated rings. The van der Waals surface area contributed by atoms with Crippen LogP contribution in [0.25, 0.3) is 0 Å².